The Hall–Kier alpha value is -3.38. The zero-order valence-corrected chi connectivity index (χ0v) is 19.4. The number of anilines is 1. The number of carbonyl (C=O) groups excluding carboxylic acids is 3. The van der Waals surface area contributed by atoms with Gasteiger partial charge in [0.1, 0.15) is 18.0 Å². The molecule has 0 fully saturated rings. The molecule has 0 bridgehead atoms. The fourth-order valence-electron chi connectivity index (χ4n) is 2.92. The molecule has 2 heterocycles. The van der Waals surface area contributed by atoms with E-state index in [1.54, 1.807) is 20.8 Å². The second-order valence-corrected chi connectivity index (χ2v) is 8.81. The number of ketones is 1. The number of alkyl carbamates (subject to hydrolysis) is 1. The molecule has 0 aliphatic carbocycles. The van der Waals surface area contributed by atoms with E-state index < -0.39 is 47.2 Å². The van der Waals surface area contributed by atoms with E-state index in [0.717, 1.165) is 16.9 Å². The summed E-state index contributed by atoms with van der Waals surface area (Å²) >= 11 is 0. The van der Waals surface area contributed by atoms with Gasteiger partial charge in [-0.05, 0) is 12.5 Å². The fourth-order valence-corrected chi connectivity index (χ4v) is 2.92. The van der Waals surface area contributed by atoms with Crippen LogP contribution in [0, 0.1) is 5.41 Å². The molecule has 34 heavy (non-hydrogen) atoms. The number of rotatable bonds is 10. The van der Waals surface area contributed by atoms with E-state index in [1.165, 1.54) is 12.3 Å². The van der Waals surface area contributed by atoms with E-state index in [0.29, 0.717) is 12.8 Å². The molecule has 0 aliphatic rings. The van der Waals surface area contributed by atoms with E-state index in [1.807, 2.05) is 6.92 Å². The third-order valence-corrected chi connectivity index (χ3v) is 4.93. The molecular weight excluding hydrogens is 457 g/mol. The van der Waals surface area contributed by atoms with E-state index in [9.17, 15) is 27.6 Å². The summed E-state index contributed by atoms with van der Waals surface area (Å²) < 4.78 is 45.1. The maximum Gasteiger partial charge on any atom is 0.435 e. The van der Waals surface area contributed by atoms with Gasteiger partial charge in [0.15, 0.2) is 5.69 Å². The lowest BCUT2D eigenvalue weighted by Gasteiger charge is -2.30. The minimum Gasteiger partial charge on any atom is -0.444 e. The Morgan fingerprint density at radius 1 is 1.21 bits per heavy atom. The van der Waals surface area contributed by atoms with E-state index >= 15 is 0 Å². The largest absolute Gasteiger partial charge is 0.444 e. The van der Waals surface area contributed by atoms with Crippen molar-refractivity contribution in [2.24, 2.45) is 5.41 Å². The lowest BCUT2D eigenvalue weighted by atomic mass is 9.89. The third kappa shape index (κ3) is 7.89. The van der Waals surface area contributed by atoms with Gasteiger partial charge in [0.2, 0.25) is 5.78 Å². The van der Waals surface area contributed by atoms with Crippen LogP contribution in [0.2, 0.25) is 0 Å². The highest BCUT2D eigenvalue weighted by atomic mass is 19.4. The summed E-state index contributed by atoms with van der Waals surface area (Å²) in [4.78, 5) is 37.6. The van der Waals surface area contributed by atoms with Crippen LogP contribution < -0.4 is 10.6 Å². The number of alkyl halides is 3. The van der Waals surface area contributed by atoms with Crippen LogP contribution in [-0.2, 0) is 27.0 Å². The first kappa shape index (κ1) is 26.9. The van der Waals surface area contributed by atoms with Gasteiger partial charge in [0, 0.05) is 17.7 Å². The molecule has 2 atom stereocenters. The predicted molar refractivity (Wildman–Crippen MR) is 116 cm³/mol. The summed E-state index contributed by atoms with van der Waals surface area (Å²) in [5.41, 5.74) is -1.72. The Morgan fingerprint density at radius 3 is 2.44 bits per heavy atom. The monoisotopic (exact) mass is 486 g/mol. The first-order valence-electron chi connectivity index (χ1n) is 10.7. The molecule has 10 nitrogen and oxygen atoms in total. The van der Waals surface area contributed by atoms with Crippen LogP contribution in [0.4, 0.5) is 23.8 Å². The van der Waals surface area contributed by atoms with Crippen molar-refractivity contribution in [3.05, 3.63) is 30.2 Å². The number of carbonyl (C=O) groups is 3. The van der Waals surface area contributed by atoms with E-state index in [-0.39, 0.29) is 18.8 Å². The number of nitrogens with zero attached hydrogens (tertiary/aromatic N) is 3. The molecule has 0 saturated heterocycles. The van der Waals surface area contributed by atoms with Crippen LogP contribution in [0.3, 0.4) is 0 Å². The number of H-pyrrole nitrogens is 1. The topological polar surface area (TPSA) is 131 Å². The van der Waals surface area contributed by atoms with Gasteiger partial charge in [-0.1, -0.05) is 40.5 Å². The van der Waals surface area contributed by atoms with Crippen LogP contribution in [0.15, 0.2) is 24.5 Å². The molecule has 0 aromatic carbocycles. The van der Waals surface area contributed by atoms with Crippen molar-refractivity contribution in [1.29, 1.82) is 0 Å². The van der Waals surface area contributed by atoms with Gasteiger partial charge in [-0.15, -0.1) is 0 Å². The van der Waals surface area contributed by atoms with Gasteiger partial charge < -0.3 is 15.4 Å². The number of Topliss-reactive ketones (excluding diaryl/α,β-unsaturated/α-hetero) is 1. The summed E-state index contributed by atoms with van der Waals surface area (Å²) in [6, 6.07) is 1.15. The molecule has 0 spiro atoms. The highest BCUT2D eigenvalue weighted by Crippen LogP contribution is 2.28. The summed E-state index contributed by atoms with van der Waals surface area (Å²) in [5, 5.41) is 14.4. The second kappa shape index (κ2) is 11.2. The number of aromatic nitrogens is 4. The van der Waals surface area contributed by atoms with Crippen LogP contribution in [0.5, 0.6) is 0 Å². The Kier molecular flexibility index (Phi) is 8.82. The summed E-state index contributed by atoms with van der Waals surface area (Å²) in [6.07, 6.45) is -2.41. The molecule has 2 aromatic rings. The molecule has 3 N–H and O–H groups in total. The van der Waals surface area contributed by atoms with Gasteiger partial charge in [-0.25, -0.2) is 4.79 Å². The highest BCUT2D eigenvalue weighted by molar-refractivity contribution is 6.42. The van der Waals surface area contributed by atoms with Crippen molar-refractivity contribution in [3.63, 3.8) is 0 Å². The fraction of sp³-hybridized carbons (Fsp3) is 0.571. The van der Waals surface area contributed by atoms with Crippen molar-refractivity contribution >= 4 is 23.6 Å². The minimum absolute atomic E-state index is 0.138. The first-order valence-corrected chi connectivity index (χ1v) is 10.7. The number of aromatic amines is 1. The SMILES string of the molecule is CCCC[C@H](NC(=O)O[C@H](Cn1ccc(C(F)(F)F)n1)C(C)(C)C)C(=O)C(=O)Nc1ccn[nH]1. The van der Waals surface area contributed by atoms with Crippen LogP contribution in [0.1, 0.15) is 52.7 Å². The number of ether oxygens (including phenoxy) is 1. The third-order valence-electron chi connectivity index (χ3n) is 4.93. The normalized spacial score (nSPS) is 13.7. The van der Waals surface area contributed by atoms with Crippen molar-refractivity contribution in [1.82, 2.24) is 25.3 Å². The van der Waals surface area contributed by atoms with Gasteiger partial charge in [-0.3, -0.25) is 19.4 Å². The maximum absolute atomic E-state index is 12.8. The molecular formula is C21H29F3N6O4. The Labute approximate surface area is 194 Å². The smallest absolute Gasteiger partial charge is 0.435 e. The molecule has 2 rings (SSSR count). The van der Waals surface area contributed by atoms with E-state index in [2.05, 4.69) is 25.9 Å². The zero-order valence-electron chi connectivity index (χ0n) is 19.4. The molecule has 0 aliphatic heterocycles. The molecule has 0 radical (unpaired) electrons. The minimum atomic E-state index is -4.59. The van der Waals surface area contributed by atoms with Gasteiger partial charge in [0.25, 0.3) is 5.91 Å². The number of halogens is 3. The molecule has 0 unspecified atom stereocenters. The molecule has 2 amide bonds. The van der Waals surface area contributed by atoms with Crippen molar-refractivity contribution in [2.45, 2.75) is 71.8 Å². The number of hydrogen-bond acceptors (Lipinski definition) is 6. The molecule has 2 aromatic heterocycles. The first-order chi connectivity index (χ1) is 15.8. The Morgan fingerprint density at radius 2 is 1.91 bits per heavy atom. The highest BCUT2D eigenvalue weighted by Gasteiger charge is 2.35. The average Bonchev–Trinajstić information content (AvgIpc) is 3.41. The summed E-state index contributed by atoms with van der Waals surface area (Å²) in [7, 11) is 0. The molecule has 0 saturated carbocycles. The Bertz CT molecular complexity index is 966. The lowest BCUT2D eigenvalue weighted by Crippen LogP contribution is -2.48. The quantitative estimate of drug-likeness (QED) is 0.441. The standard InChI is InChI=1S/C21H29F3N6O4/c1-5-6-7-13(17(31)18(32)27-16-8-10-25-28-16)26-19(33)34-15(20(2,3)4)12-30-11-9-14(29-30)21(22,23)24/h8-11,13,15H,5-7,12H2,1-4H3,(H,26,33)(H2,25,27,28,32)/t13-,15+/m0/s1. The maximum atomic E-state index is 12.8. The lowest BCUT2D eigenvalue weighted by molar-refractivity contribution is -0.141. The summed E-state index contributed by atoms with van der Waals surface area (Å²) in [5.74, 6) is -1.58. The number of hydrogen-bond donors (Lipinski definition) is 3. The van der Waals surface area contributed by atoms with Gasteiger partial charge >= 0.3 is 12.3 Å². The van der Waals surface area contributed by atoms with Crippen LogP contribution >= 0.6 is 0 Å². The van der Waals surface area contributed by atoms with Gasteiger partial charge in [-0.2, -0.15) is 23.4 Å². The van der Waals surface area contributed by atoms with Crippen molar-refractivity contribution < 1.29 is 32.3 Å². The second-order valence-electron chi connectivity index (χ2n) is 8.81. The predicted octanol–water partition coefficient (Wildman–Crippen LogP) is 3.53. The summed E-state index contributed by atoms with van der Waals surface area (Å²) in [6.45, 7) is 6.99. The van der Waals surface area contributed by atoms with Gasteiger partial charge in [0.05, 0.1) is 12.7 Å². The van der Waals surface area contributed by atoms with Crippen molar-refractivity contribution in [3.8, 4) is 0 Å². The molecule has 188 valence electrons. The van der Waals surface area contributed by atoms with E-state index in [4.69, 9.17) is 4.74 Å². The molecule has 13 heteroatoms. The number of unbranched alkanes of at least 4 members (excludes halogenated alkanes) is 1. The number of nitrogens with one attached hydrogen (secondary N) is 3. The zero-order chi connectivity index (χ0) is 25.5. The van der Waals surface area contributed by atoms with Crippen LogP contribution in [0.25, 0.3) is 0 Å². The average molecular weight is 486 g/mol. The number of amides is 2. The Balaban J connectivity index is 2.08. The van der Waals surface area contributed by atoms with Crippen LogP contribution in [-0.4, -0.2) is 49.9 Å². The van der Waals surface area contributed by atoms with Crippen molar-refractivity contribution in [2.75, 3.05) is 5.32 Å².